The second-order valence-electron chi connectivity index (χ2n) is 35.1. The van der Waals surface area contributed by atoms with Crippen LogP contribution in [0.1, 0.15) is 151 Å². The van der Waals surface area contributed by atoms with Gasteiger partial charge < -0.3 is 44.7 Å². The van der Waals surface area contributed by atoms with Crippen molar-refractivity contribution >= 4 is 172 Å². The van der Waals surface area contributed by atoms with Crippen LogP contribution in [0.15, 0.2) is 107 Å². The van der Waals surface area contributed by atoms with Gasteiger partial charge in [0.05, 0.1) is 115 Å². The lowest BCUT2D eigenvalue weighted by molar-refractivity contribution is -0.131. The van der Waals surface area contributed by atoms with Gasteiger partial charge in [0.1, 0.15) is 66.9 Å². The van der Waals surface area contributed by atoms with Gasteiger partial charge in [-0.3, -0.25) is 57.4 Å². The number of pyridine rings is 9. The maximum absolute atomic E-state index is 15.6. The second-order valence-corrected chi connectivity index (χ2v) is 38.6. The molecule has 732 valence electrons. The van der Waals surface area contributed by atoms with Crippen LogP contribution >= 0.6 is 104 Å². The lowest BCUT2D eigenvalue weighted by Crippen LogP contribution is -2.58. The number of piperazine rings is 3. The first-order valence-electron chi connectivity index (χ1n) is 43.7. The average Bonchev–Trinajstić information content (AvgIpc) is 0.725. The van der Waals surface area contributed by atoms with Crippen molar-refractivity contribution < 1.29 is 56.0 Å². The van der Waals surface area contributed by atoms with Crippen LogP contribution in [0.4, 0.5) is 43.4 Å². The first-order chi connectivity index (χ1) is 66.5. The van der Waals surface area contributed by atoms with E-state index in [-0.39, 0.29) is 210 Å². The number of aryl methyl sites for hydroxylation is 3. The Morgan fingerprint density at radius 1 is 0.383 bits per heavy atom. The van der Waals surface area contributed by atoms with E-state index >= 15 is 13.2 Å². The number of carbonyl (C=O) groups excluding carboxylic acids is 3. The van der Waals surface area contributed by atoms with Gasteiger partial charge in [0.2, 0.25) is 17.7 Å². The van der Waals surface area contributed by atoms with Gasteiger partial charge in [0, 0.05) is 110 Å². The molecule has 9 aromatic heterocycles. The molecule has 3 aliphatic rings. The molecule has 0 bridgehead atoms. The molecule has 0 spiro atoms. The van der Waals surface area contributed by atoms with E-state index in [4.69, 9.17) is 104 Å². The van der Waals surface area contributed by atoms with Crippen molar-refractivity contribution in [1.82, 2.24) is 58.3 Å². The summed E-state index contributed by atoms with van der Waals surface area (Å²) in [5.41, 5.74) is -0.528. The highest BCUT2D eigenvalue weighted by atomic mass is 35.5. The fraction of sp³-hybridized carbons (Fsp3) is 0.303. The lowest BCUT2D eigenvalue weighted by atomic mass is 10.0. The Kier molecular flexibility index (Phi) is 31.0. The standard InChI is InChI=1S/3C33H29Cl3F2N6O3/c3*1-7-21(45)43-16(5)12-42(13-17(43)6)30-18-10-20(34)28(22-23(35)31(46)26(38)24(36)25(22)37)41-32(18)44(33(47)19(30)11-39)29-15(4)8-9-40-27(29)14(2)3/h3*7-10,14,16-17,46H,1,12-13H2,2-6H3/t3*16-,17+. The molecule has 3 aromatic carbocycles. The van der Waals surface area contributed by atoms with E-state index in [1.165, 1.54) is 50.1 Å². The number of benzene rings is 3. The number of nitriles is 3. The van der Waals surface area contributed by atoms with Crippen LogP contribution in [0.25, 0.3) is 83.9 Å². The minimum atomic E-state index is -1.46. The maximum Gasteiger partial charge on any atom is 0.276 e. The van der Waals surface area contributed by atoms with Gasteiger partial charge in [0.25, 0.3) is 16.7 Å². The second kappa shape index (κ2) is 41.5. The molecular formula is C99H87Cl9F6N18O9. The predicted molar refractivity (Wildman–Crippen MR) is 537 cm³/mol. The third-order valence-electron chi connectivity index (χ3n) is 24.8. The van der Waals surface area contributed by atoms with Crippen LogP contribution in [0.3, 0.4) is 0 Å². The van der Waals surface area contributed by atoms with Crippen molar-refractivity contribution in [2.24, 2.45) is 0 Å². The minimum Gasteiger partial charge on any atom is -0.504 e. The number of phenolic OH excluding ortho intramolecular Hbond substituents is 3. The number of hydrogen-bond acceptors (Lipinski definition) is 21. The number of rotatable bonds is 15. The first-order valence-corrected chi connectivity index (χ1v) is 47.1. The van der Waals surface area contributed by atoms with Crippen LogP contribution in [-0.2, 0) is 14.4 Å². The third kappa shape index (κ3) is 18.4. The van der Waals surface area contributed by atoms with Crippen molar-refractivity contribution in [1.29, 1.82) is 15.8 Å². The summed E-state index contributed by atoms with van der Waals surface area (Å²) in [7, 11) is 0. The zero-order valence-corrected chi connectivity index (χ0v) is 84.8. The van der Waals surface area contributed by atoms with Crippen LogP contribution in [0.2, 0.25) is 45.2 Å². The number of phenols is 3. The number of anilines is 3. The van der Waals surface area contributed by atoms with Crippen LogP contribution in [0.5, 0.6) is 17.2 Å². The summed E-state index contributed by atoms with van der Waals surface area (Å²) < 4.78 is 93.7. The lowest BCUT2D eigenvalue weighted by Gasteiger charge is -2.45. The Balaban J connectivity index is 0.000000178. The van der Waals surface area contributed by atoms with E-state index in [0.717, 1.165) is 0 Å². The molecule has 12 aromatic rings. The molecule has 0 saturated carbocycles. The Labute approximate surface area is 849 Å². The van der Waals surface area contributed by atoms with E-state index in [1.54, 1.807) is 72.3 Å². The number of fused-ring (bicyclic) bond motifs is 3. The largest absolute Gasteiger partial charge is 0.504 e. The van der Waals surface area contributed by atoms with Gasteiger partial charge in [-0.1, -0.05) is 166 Å². The van der Waals surface area contributed by atoms with Crippen molar-refractivity contribution in [3.05, 3.63) is 255 Å². The molecule has 3 N–H and O–H groups in total. The summed E-state index contributed by atoms with van der Waals surface area (Å²) in [5, 5.41) is 57.3. The molecule has 27 nitrogen and oxygen atoms in total. The van der Waals surface area contributed by atoms with E-state index in [9.17, 15) is 73.0 Å². The summed E-state index contributed by atoms with van der Waals surface area (Å²) in [6.45, 7) is 39.9. The van der Waals surface area contributed by atoms with Crippen molar-refractivity contribution in [3.63, 3.8) is 0 Å². The number of halogens is 15. The molecule has 0 radical (unpaired) electrons. The minimum absolute atomic E-state index is 0.0401. The molecule has 42 heteroatoms. The fourth-order valence-electron chi connectivity index (χ4n) is 18.7. The number of hydrogen-bond donors (Lipinski definition) is 3. The topological polar surface area (TPSA) is 346 Å². The van der Waals surface area contributed by atoms with Crippen molar-refractivity contribution in [2.45, 2.75) is 158 Å². The zero-order chi connectivity index (χ0) is 104. The van der Waals surface area contributed by atoms with Gasteiger partial charge in [-0.15, -0.1) is 0 Å². The van der Waals surface area contributed by atoms with Crippen molar-refractivity contribution in [3.8, 4) is 86.3 Å². The first kappa shape index (κ1) is 106. The summed E-state index contributed by atoms with van der Waals surface area (Å²) in [4.78, 5) is 120. The highest BCUT2D eigenvalue weighted by Crippen LogP contribution is 2.52. The molecular weight excluding hydrogens is 2020 g/mol. The number of amides is 3. The van der Waals surface area contributed by atoms with Gasteiger partial charge in [-0.2, -0.15) is 15.8 Å². The normalized spacial score (nSPS) is 16.6. The predicted octanol–water partition coefficient (Wildman–Crippen LogP) is 21.9. The Bertz CT molecular complexity index is 6870. The summed E-state index contributed by atoms with van der Waals surface area (Å²) in [6.07, 6.45) is 8.50. The highest BCUT2D eigenvalue weighted by molar-refractivity contribution is 6.41. The fourth-order valence-corrected chi connectivity index (χ4v) is 20.8. The summed E-state index contributed by atoms with van der Waals surface area (Å²) in [6, 6.07) is 13.5. The molecule has 12 heterocycles. The molecule has 3 aliphatic heterocycles. The number of aromatic nitrogens is 9. The van der Waals surface area contributed by atoms with Crippen molar-refractivity contribution in [2.75, 3.05) is 54.0 Å². The molecule has 6 atom stereocenters. The monoisotopic (exact) mass is 2100 g/mol. The summed E-state index contributed by atoms with van der Waals surface area (Å²) in [5.74, 6) is -13.0. The van der Waals surface area contributed by atoms with Gasteiger partial charge >= 0.3 is 0 Å². The van der Waals surface area contributed by atoms with E-state index in [0.29, 0.717) is 50.8 Å². The zero-order valence-electron chi connectivity index (χ0n) is 78.0. The third-order valence-corrected chi connectivity index (χ3v) is 27.7. The molecule has 0 unspecified atom stereocenters. The van der Waals surface area contributed by atoms with E-state index < -0.39 is 116 Å². The number of carbonyl (C=O) groups is 3. The molecule has 3 fully saturated rings. The van der Waals surface area contributed by atoms with Gasteiger partial charge in [0.15, 0.2) is 52.2 Å². The smallest absolute Gasteiger partial charge is 0.276 e. The Morgan fingerprint density at radius 2 is 0.596 bits per heavy atom. The average molecular weight is 2110 g/mol. The van der Waals surface area contributed by atoms with Gasteiger partial charge in [-0.05, 0) is 151 Å². The van der Waals surface area contributed by atoms with E-state index in [2.05, 4.69) is 67.8 Å². The molecule has 141 heavy (non-hydrogen) atoms. The molecule has 3 saturated heterocycles. The molecule has 15 rings (SSSR count). The summed E-state index contributed by atoms with van der Waals surface area (Å²) >= 11 is 56.6. The maximum atomic E-state index is 15.6. The van der Waals surface area contributed by atoms with Gasteiger partial charge in [-0.25, -0.2) is 41.3 Å². The Hall–Kier alpha value is -12.7. The van der Waals surface area contributed by atoms with Crippen LogP contribution in [-0.4, -0.2) is 167 Å². The molecule has 0 aliphatic carbocycles. The quantitative estimate of drug-likeness (QED) is 0.0371. The van der Waals surface area contributed by atoms with E-state index in [1.807, 2.05) is 97.8 Å². The van der Waals surface area contributed by atoms with Crippen LogP contribution in [0, 0.1) is 89.7 Å². The number of nitrogens with zero attached hydrogens (tertiary/aromatic N) is 18. The SMILES string of the molecule is C=CC(=O)N1[C@H](C)CN(c2c(C#N)c(=O)n(-c3c(C)ccnc3C(C)C)c3nc(-c4c(F)c(Cl)c(F)c(O)c4Cl)c(Cl)cc23)C[C@@H]1C.C=CC(=O)N1[C@H](C)CN(c2c(C#N)c(=O)n(-c3c(C)ccnc3C(C)C)c3nc(-c4c(F)c(Cl)c(F)c(O)c4Cl)c(Cl)cc23)C[C@@H]1C.C=CC(=O)N1[C@H](C)CN(c2c(C#N)c(=O)n(-c3c(C)ccnc3C(C)C)c3nc(-c4c(F)c(Cl)c(F)c(O)c4Cl)c(Cl)cc23)C[C@@H]1C. The number of aromatic hydroxyl groups is 3. The highest BCUT2D eigenvalue weighted by Gasteiger charge is 2.42. The Morgan fingerprint density at radius 3 is 0.787 bits per heavy atom. The molecule has 3 amide bonds. The van der Waals surface area contributed by atoms with Crippen LogP contribution < -0.4 is 31.4 Å².